The number of nitrogens with zero attached hydrogens (tertiary/aromatic N) is 3. The van der Waals surface area contributed by atoms with E-state index in [9.17, 15) is 4.79 Å². The summed E-state index contributed by atoms with van der Waals surface area (Å²) in [5, 5.41) is 8.13. The Morgan fingerprint density at radius 2 is 1.95 bits per heavy atom. The van der Waals surface area contributed by atoms with Crippen LogP contribution in [0, 0.1) is 20.8 Å². The Morgan fingerprint density at radius 3 is 2.67 bits per heavy atom. The molecule has 0 fully saturated rings. The number of esters is 1. The van der Waals surface area contributed by atoms with Gasteiger partial charge in [-0.25, -0.2) is 9.78 Å². The molecule has 0 spiro atoms. The maximum atomic E-state index is 12.3. The lowest BCUT2D eigenvalue weighted by atomic mass is 10.1. The van der Waals surface area contributed by atoms with Crippen molar-refractivity contribution < 1.29 is 18.6 Å². The predicted molar refractivity (Wildman–Crippen MR) is 71.6 cm³/mol. The molecule has 0 atom stereocenters. The summed E-state index contributed by atoms with van der Waals surface area (Å²) in [6.07, 6.45) is 0. The Morgan fingerprint density at radius 1 is 1.14 bits per heavy atom. The Bertz CT molecular complexity index is 819. The summed E-state index contributed by atoms with van der Waals surface area (Å²) in [5.74, 6) is 0.00997. The van der Waals surface area contributed by atoms with E-state index in [-0.39, 0.29) is 6.61 Å². The minimum Gasteiger partial charge on any atom is -0.454 e. The van der Waals surface area contributed by atoms with Crippen LogP contribution in [-0.4, -0.2) is 21.3 Å². The molecule has 0 bridgehead atoms. The normalized spacial score (nSPS) is 11.0. The fourth-order valence-electron chi connectivity index (χ4n) is 2.08. The zero-order valence-electron chi connectivity index (χ0n) is 11.8. The zero-order valence-corrected chi connectivity index (χ0v) is 11.8. The van der Waals surface area contributed by atoms with Crippen molar-refractivity contribution in [2.45, 2.75) is 27.4 Å². The van der Waals surface area contributed by atoms with E-state index in [0.717, 1.165) is 5.69 Å². The van der Waals surface area contributed by atoms with Crippen molar-refractivity contribution in [1.82, 2.24) is 15.3 Å². The summed E-state index contributed by atoms with van der Waals surface area (Å²) >= 11 is 0. The summed E-state index contributed by atoms with van der Waals surface area (Å²) in [6.45, 7) is 5.34. The van der Waals surface area contributed by atoms with Crippen molar-refractivity contribution >= 4 is 17.1 Å². The van der Waals surface area contributed by atoms with Gasteiger partial charge in [-0.3, -0.25) is 0 Å². The molecule has 0 aromatic carbocycles. The van der Waals surface area contributed by atoms with Gasteiger partial charge in [0.05, 0.1) is 22.3 Å². The predicted octanol–water partition coefficient (Wildman–Crippen LogP) is 2.49. The third-order valence-corrected chi connectivity index (χ3v) is 2.99. The van der Waals surface area contributed by atoms with E-state index in [2.05, 4.69) is 15.3 Å². The topological polar surface area (TPSA) is 91.2 Å². The summed E-state index contributed by atoms with van der Waals surface area (Å²) in [6, 6.07) is 3.37. The van der Waals surface area contributed by atoms with Gasteiger partial charge in [0.2, 0.25) is 0 Å². The monoisotopic (exact) mass is 287 g/mol. The molecule has 21 heavy (non-hydrogen) atoms. The molecule has 0 aliphatic heterocycles. The third kappa shape index (κ3) is 2.49. The molecule has 3 heterocycles. The van der Waals surface area contributed by atoms with Crippen molar-refractivity contribution in [2.75, 3.05) is 0 Å². The molecule has 3 rings (SSSR count). The number of carbonyl (C=O) groups is 1. The van der Waals surface area contributed by atoms with Crippen LogP contribution in [-0.2, 0) is 11.3 Å². The van der Waals surface area contributed by atoms with Crippen LogP contribution in [0.4, 0.5) is 0 Å². The lowest BCUT2D eigenvalue weighted by Crippen LogP contribution is -2.07. The van der Waals surface area contributed by atoms with Crippen LogP contribution in [0.1, 0.15) is 33.2 Å². The number of pyridine rings is 1. The maximum absolute atomic E-state index is 12.3. The molecule has 0 aliphatic rings. The lowest BCUT2D eigenvalue weighted by Gasteiger charge is -2.04. The summed E-state index contributed by atoms with van der Waals surface area (Å²) in [4.78, 5) is 16.5. The number of rotatable bonds is 3. The molecule has 7 nitrogen and oxygen atoms in total. The molecule has 0 saturated carbocycles. The fourth-order valence-corrected chi connectivity index (χ4v) is 2.08. The van der Waals surface area contributed by atoms with Gasteiger partial charge >= 0.3 is 5.97 Å². The number of carbonyl (C=O) groups excluding carboxylic acids is 1. The van der Waals surface area contributed by atoms with Gasteiger partial charge in [-0.15, -0.1) is 0 Å². The molecule has 3 aromatic rings. The first kappa shape index (κ1) is 13.3. The highest BCUT2D eigenvalue weighted by Crippen LogP contribution is 2.22. The fraction of sp³-hybridized carbons (Fsp3) is 0.286. The third-order valence-electron chi connectivity index (χ3n) is 2.99. The molecule has 0 aliphatic carbocycles. The van der Waals surface area contributed by atoms with E-state index in [1.54, 1.807) is 32.9 Å². The molecule has 7 heteroatoms. The lowest BCUT2D eigenvalue weighted by molar-refractivity contribution is 0.0439. The molecule has 0 amide bonds. The minimum absolute atomic E-state index is 0.0207. The van der Waals surface area contributed by atoms with Gasteiger partial charge in [0.15, 0.2) is 12.4 Å². The van der Waals surface area contributed by atoms with Crippen molar-refractivity contribution in [3.05, 3.63) is 40.5 Å². The average Bonchev–Trinajstić information content (AvgIpc) is 3.02. The SMILES string of the molecule is Cc1cc(COC(=O)c2cc(C)nc3onc(C)c23)on1. The van der Waals surface area contributed by atoms with Crippen LogP contribution >= 0.6 is 0 Å². The highest BCUT2D eigenvalue weighted by molar-refractivity contribution is 6.03. The Balaban J connectivity index is 1.88. The molecule has 0 unspecified atom stereocenters. The number of hydrogen-bond donors (Lipinski definition) is 0. The smallest absolute Gasteiger partial charge is 0.339 e. The summed E-state index contributed by atoms with van der Waals surface area (Å²) in [7, 11) is 0. The number of aryl methyl sites for hydroxylation is 3. The maximum Gasteiger partial charge on any atom is 0.339 e. The first-order valence-corrected chi connectivity index (χ1v) is 6.37. The van der Waals surface area contributed by atoms with Gasteiger partial charge in [-0.1, -0.05) is 10.3 Å². The number of hydrogen-bond acceptors (Lipinski definition) is 7. The highest BCUT2D eigenvalue weighted by Gasteiger charge is 2.19. The van der Waals surface area contributed by atoms with Crippen LogP contribution in [0.15, 0.2) is 21.2 Å². The molecule has 0 saturated heterocycles. The van der Waals surface area contributed by atoms with Crippen molar-refractivity contribution in [3.8, 4) is 0 Å². The zero-order chi connectivity index (χ0) is 15.0. The van der Waals surface area contributed by atoms with Gasteiger partial charge in [0, 0.05) is 11.8 Å². The van der Waals surface area contributed by atoms with Gasteiger partial charge in [-0.05, 0) is 26.8 Å². The first-order valence-electron chi connectivity index (χ1n) is 6.37. The van der Waals surface area contributed by atoms with Crippen LogP contribution in [0.25, 0.3) is 11.1 Å². The Kier molecular flexibility index (Phi) is 3.17. The quantitative estimate of drug-likeness (QED) is 0.683. The summed E-state index contributed by atoms with van der Waals surface area (Å²) in [5.41, 5.74) is 2.70. The second-order valence-corrected chi connectivity index (χ2v) is 4.77. The molecule has 0 radical (unpaired) electrons. The second kappa shape index (κ2) is 5.01. The summed E-state index contributed by atoms with van der Waals surface area (Å²) < 4.78 is 15.3. The van der Waals surface area contributed by atoms with E-state index in [1.165, 1.54) is 0 Å². The number of ether oxygens (including phenoxy) is 1. The van der Waals surface area contributed by atoms with Gasteiger partial charge in [0.25, 0.3) is 5.71 Å². The number of fused-ring (bicyclic) bond motifs is 1. The van der Waals surface area contributed by atoms with E-state index in [4.69, 9.17) is 13.8 Å². The van der Waals surface area contributed by atoms with E-state index in [1.807, 2.05) is 0 Å². The first-order chi connectivity index (χ1) is 10.0. The largest absolute Gasteiger partial charge is 0.454 e. The molecular formula is C14H13N3O4. The molecule has 108 valence electrons. The van der Waals surface area contributed by atoms with E-state index >= 15 is 0 Å². The van der Waals surface area contributed by atoms with Crippen molar-refractivity contribution in [2.24, 2.45) is 0 Å². The van der Waals surface area contributed by atoms with E-state index < -0.39 is 5.97 Å². The highest BCUT2D eigenvalue weighted by atomic mass is 16.5. The second-order valence-electron chi connectivity index (χ2n) is 4.77. The Labute approximate surface area is 119 Å². The van der Waals surface area contributed by atoms with Gasteiger partial charge < -0.3 is 13.8 Å². The Hall–Kier alpha value is -2.70. The van der Waals surface area contributed by atoms with Crippen LogP contribution in [0.2, 0.25) is 0 Å². The van der Waals surface area contributed by atoms with E-state index in [0.29, 0.717) is 33.8 Å². The number of aromatic nitrogens is 3. The van der Waals surface area contributed by atoms with Crippen LogP contribution in [0.5, 0.6) is 0 Å². The van der Waals surface area contributed by atoms with Crippen LogP contribution in [0.3, 0.4) is 0 Å². The van der Waals surface area contributed by atoms with Crippen molar-refractivity contribution in [3.63, 3.8) is 0 Å². The molecule has 0 N–H and O–H groups in total. The average molecular weight is 287 g/mol. The standard InChI is InChI=1S/C14H13N3O4/c1-7-5-11(12-9(3)17-21-13(12)15-7)14(18)19-6-10-4-8(2)16-20-10/h4-5H,6H2,1-3H3. The van der Waals surface area contributed by atoms with Crippen molar-refractivity contribution in [1.29, 1.82) is 0 Å². The molecular weight excluding hydrogens is 274 g/mol. The minimum atomic E-state index is -0.481. The van der Waals surface area contributed by atoms with Gasteiger partial charge in [0.1, 0.15) is 0 Å². The molecule has 3 aromatic heterocycles. The van der Waals surface area contributed by atoms with Gasteiger partial charge in [-0.2, -0.15) is 0 Å². The van der Waals surface area contributed by atoms with Crippen LogP contribution < -0.4 is 0 Å².